The van der Waals surface area contributed by atoms with Crippen LogP contribution in [0.25, 0.3) is 0 Å². The topological polar surface area (TPSA) is 41.5 Å². The fourth-order valence-corrected chi connectivity index (χ4v) is 1.38. The minimum atomic E-state index is 0.517. The number of nitrogens with one attached hydrogen (secondary N) is 1. The lowest BCUT2D eigenvalue weighted by Gasteiger charge is -2.18. The van der Waals surface area contributed by atoms with Crippen LogP contribution in [0.4, 0.5) is 0 Å². The van der Waals surface area contributed by atoms with Gasteiger partial charge in [-0.1, -0.05) is 6.08 Å². The molecule has 0 aliphatic carbocycles. The molecule has 62 valence electrons. The van der Waals surface area contributed by atoms with E-state index >= 15 is 0 Å². The van der Waals surface area contributed by atoms with E-state index in [9.17, 15) is 4.79 Å². The number of aldehydes is 1. The number of amidine groups is 1. The van der Waals surface area contributed by atoms with E-state index in [1.807, 2.05) is 6.08 Å². The Morgan fingerprint density at radius 2 is 2.50 bits per heavy atom. The zero-order chi connectivity index (χ0) is 8.39. The van der Waals surface area contributed by atoms with Crippen molar-refractivity contribution >= 4 is 12.1 Å². The summed E-state index contributed by atoms with van der Waals surface area (Å²) in [6, 6.07) is 0. The van der Waals surface area contributed by atoms with E-state index in [4.69, 9.17) is 0 Å². The Kier molecular flexibility index (Phi) is 1.78. The average Bonchev–Trinajstić information content (AvgIpc) is 2.17. The summed E-state index contributed by atoms with van der Waals surface area (Å²) in [5.74, 6) is 0.937. The first-order valence-corrected chi connectivity index (χ1v) is 4.05. The lowest BCUT2D eigenvalue weighted by atomic mass is 10.0. The molecule has 0 spiro atoms. The quantitative estimate of drug-likeness (QED) is 0.568. The molecule has 0 fully saturated rings. The van der Waals surface area contributed by atoms with Gasteiger partial charge in [0.1, 0.15) is 12.1 Å². The van der Waals surface area contributed by atoms with E-state index in [0.29, 0.717) is 6.54 Å². The standard InChI is InChI=1S/C9H10N2O/c12-6-7-4-8-2-1-3-10-9(8)11-5-7/h2,4,6H,1,3,5H2,(H,10,11). The Bertz CT molecular complexity index is 300. The lowest BCUT2D eigenvalue weighted by Crippen LogP contribution is -2.31. The third-order valence-electron chi connectivity index (χ3n) is 1.99. The van der Waals surface area contributed by atoms with Gasteiger partial charge in [0.25, 0.3) is 0 Å². The van der Waals surface area contributed by atoms with Gasteiger partial charge in [-0.25, -0.2) is 0 Å². The van der Waals surface area contributed by atoms with Crippen molar-refractivity contribution in [1.82, 2.24) is 5.32 Å². The number of carbonyl (C=O) groups is 1. The monoisotopic (exact) mass is 162 g/mol. The Balaban J connectivity index is 2.30. The summed E-state index contributed by atoms with van der Waals surface area (Å²) < 4.78 is 0. The molecular weight excluding hydrogens is 152 g/mol. The predicted molar refractivity (Wildman–Crippen MR) is 47.2 cm³/mol. The second kappa shape index (κ2) is 2.93. The molecule has 0 saturated carbocycles. The summed E-state index contributed by atoms with van der Waals surface area (Å²) in [5.41, 5.74) is 1.82. The van der Waals surface area contributed by atoms with Gasteiger partial charge in [0.05, 0.1) is 6.54 Å². The third-order valence-corrected chi connectivity index (χ3v) is 1.99. The number of hydrogen-bond acceptors (Lipinski definition) is 3. The average molecular weight is 162 g/mol. The molecule has 3 heteroatoms. The number of nitrogens with zero attached hydrogens (tertiary/aromatic N) is 1. The molecule has 0 aromatic heterocycles. The van der Waals surface area contributed by atoms with Crippen molar-refractivity contribution in [2.24, 2.45) is 4.99 Å². The van der Waals surface area contributed by atoms with Gasteiger partial charge in [-0.05, 0) is 12.5 Å². The van der Waals surface area contributed by atoms with E-state index in [2.05, 4.69) is 16.4 Å². The maximum absolute atomic E-state index is 10.4. The highest BCUT2D eigenvalue weighted by Crippen LogP contribution is 2.13. The van der Waals surface area contributed by atoms with Gasteiger partial charge >= 0.3 is 0 Å². The van der Waals surface area contributed by atoms with Gasteiger partial charge in [-0.2, -0.15) is 0 Å². The number of fused-ring (bicyclic) bond motifs is 1. The zero-order valence-electron chi connectivity index (χ0n) is 6.71. The number of hydrogen-bond donors (Lipinski definition) is 1. The molecule has 12 heavy (non-hydrogen) atoms. The van der Waals surface area contributed by atoms with Gasteiger partial charge in [0.15, 0.2) is 0 Å². The van der Waals surface area contributed by atoms with Gasteiger partial charge in [0.2, 0.25) is 0 Å². The molecule has 2 aliphatic rings. The smallest absolute Gasteiger partial charge is 0.147 e. The van der Waals surface area contributed by atoms with Crippen LogP contribution in [0.15, 0.2) is 28.3 Å². The summed E-state index contributed by atoms with van der Waals surface area (Å²) in [6.07, 6.45) is 5.90. The number of rotatable bonds is 1. The maximum atomic E-state index is 10.4. The molecule has 3 nitrogen and oxygen atoms in total. The van der Waals surface area contributed by atoms with E-state index in [0.717, 1.165) is 36.2 Å². The largest absolute Gasteiger partial charge is 0.370 e. The third kappa shape index (κ3) is 1.18. The van der Waals surface area contributed by atoms with Gasteiger partial charge < -0.3 is 5.32 Å². The summed E-state index contributed by atoms with van der Waals surface area (Å²) >= 11 is 0. The Hall–Kier alpha value is -1.38. The molecule has 0 saturated heterocycles. The molecule has 0 bridgehead atoms. The fourth-order valence-electron chi connectivity index (χ4n) is 1.38. The Morgan fingerprint density at radius 3 is 3.33 bits per heavy atom. The molecule has 0 aromatic rings. The first-order chi connectivity index (χ1) is 5.90. The minimum Gasteiger partial charge on any atom is -0.370 e. The van der Waals surface area contributed by atoms with Crippen LogP contribution in [-0.2, 0) is 4.79 Å². The molecule has 0 radical (unpaired) electrons. The summed E-state index contributed by atoms with van der Waals surface area (Å²) in [5, 5.41) is 3.19. The van der Waals surface area contributed by atoms with E-state index in [-0.39, 0.29) is 0 Å². The fraction of sp³-hybridized carbons (Fsp3) is 0.333. The van der Waals surface area contributed by atoms with Gasteiger partial charge in [-0.15, -0.1) is 0 Å². The highest BCUT2D eigenvalue weighted by atomic mass is 16.1. The van der Waals surface area contributed by atoms with Crippen LogP contribution in [0.2, 0.25) is 0 Å². The predicted octanol–water partition coefficient (Wildman–Crippen LogP) is 0.443. The van der Waals surface area contributed by atoms with Crippen molar-refractivity contribution in [3.05, 3.63) is 23.3 Å². The molecule has 2 aliphatic heterocycles. The van der Waals surface area contributed by atoms with Crippen LogP contribution in [0.3, 0.4) is 0 Å². The molecular formula is C9H10N2O. The van der Waals surface area contributed by atoms with Crippen molar-refractivity contribution in [3.63, 3.8) is 0 Å². The van der Waals surface area contributed by atoms with Crippen LogP contribution in [0.1, 0.15) is 6.42 Å². The van der Waals surface area contributed by atoms with Gasteiger partial charge in [0, 0.05) is 17.7 Å². The summed E-state index contributed by atoms with van der Waals surface area (Å²) in [6.45, 7) is 1.47. The van der Waals surface area contributed by atoms with Crippen LogP contribution in [0.5, 0.6) is 0 Å². The highest BCUT2D eigenvalue weighted by Gasteiger charge is 2.13. The molecule has 0 aromatic carbocycles. The normalized spacial score (nSPS) is 21.2. The van der Waals surface area contributed by atoms with E-state index in [1.165, 1.54) is 0 Å². The van der Waals surface area contributed by atoms with Crippen LogP contribution in [-0.4, -0.2) is 25.2 Å². The number of carbonyl (C=O) groups excluding carboxylic acids is 1. The molecule has 0 atom stereocenters. The molecule has 0 amide bonds. The van der Waals surface area contributed by atoms with Crippen LogP contribution < -0.4 is 5.32 Å². The Morgan fingerprint density at radius 1 is 1.58 bits per heavy atom. The molecule has 0 unspecified atom stereocenters. The maximum Gasteiger partial charge on any atom is 0.147 e. The van der Waals surface area contributed by atoms with Crippen LogP contribution >= 0.6 is 0 Å². The minimum absolute atomic E-state index is 0.517. The zero-order valence-corrected chi connectivity index (χ0v) is 6.71. The SMILES string of the molecule is O=CC1=CC2=CCCNC2=NC1. The number of aliphatic imine (C=N–C) groups is 1. The molecule has 2 heterocycles. The van der Waals surface area contributed by atoms with Gasteiger partial charge in [-0.3, -0.25) is 9.79 Å². The van der Waals surface area contributed by atoms with Crippen molar-refractivity contribution in [3.8, 4) is 0 Å². The van der Waals surface area contributed by atoms with Crippen molar-refractivity contribution < 1.29 is 4.79 Å². The lowest BCUT2D eigenvalue weighted by molar-refractivity contribution is -0.104. The van der Waals surface area contributed by atoms with Crippen molar-refractivity contribution in [2.45, 2.75) is 6.42 Å². The highest BCUT2D eigenvalue weighted by molar-refractivity contribution is 6.04. The number of dihydropyridines is 1. The Labute approximate surface area is 70.9 Å². The van der Waals surface area contributed by atoms with E-state index in [1.54, 1.807) is 0 Å². The second-order valence-electron chi connectivity index (χ2n) is 2.88. The van der Waals surface area contributed by atoms with Crippen molar-refractivity contribution in [1.29, 1.82) is 0 Å². The molecule has 1 N–H and O–H groups in total. The van der Waals surface area contributed by atoms with Crippen molar-refractivity contribution in [2.75, 3.05) is 13.1 Å². The molecule has 2 rings (SSSR count). The summed E-state index contributed by atoms with van der Waals surface area (Å²) in [7, 11) is 0. The second-order valence-corrected chi connectivity index (χ2v) is 2.88. The van der Waals surface area contributed by atoms with Crippen LogP contribution in [0, 0.1) is 0 Å². The first-order valence-electron chi connectivity index (χ1n) is 4.05. The van der Waals surface area contributed by atoms with E-state index < -0.39 is 0 Å². The summed E-state index contributed by atoms with van der Waals surface area (Å²) in [4.78, 5) is 14.7. The first kappa shape index (κ1) is 7.28.